The third kappa shape index (κ3) is 3.82. The first-order valence-electron chi connectivity index (χ1n) is 5.82. The molecule has 0 bridgehead atoms. The number of likely N-dealkylation sites (N-methyl/N-ethyl adjacent to an activating group) is 1. The smallest absolute Gasteiger partial charge is 0.365 e. The molecule has 0 aromatic carbocycles. The summed E-state index contributed by atoms with van der Waals surface area (Å²) in [6, 6.07) is 0. The molecule has 1 N–H and O–H groups in total. The Balaban J connectivity index is 4.22. The molecule has 0 rings (SSSR count). The second kappa shape index (κ2) is 5.50. The number of carboxylic acids is 1. The van der Waals surface area contributed by atoms with Gasteiger partial charge in [-0.3, -0.25) is 0 Å². The van der Waals surface area contributed by atoms with E-state index < -0.39 is 11.5 Å². The molecule has 3 nitrogen and oxygen atoms in total. The summed E-state index contributed by atoms with van der Waals surface area (Å²) in [5.41, 5.74) is -0.702. The van der Waals surface area contributed by atoms with E-state index in [0.29, 0.717) is 4.48 Å². The van der Waals surface area contributed by atoms with Crippen LogP contribution in [0.15, 0.2) is 0 Å². The van der Waals surface area contributed by atoms with Crippen molar-refractivity contribution < 1.29 is 14.4 Å². The molecule has 0 unspecified atom stereocenters. The molecule has 0 spiro atoms. The molecule has 0 atom stereocenters. The van der Waals surface area contributed by atoms with Crippen molar-refractivity contribution in [3.05, 3.63) is 0 Å². The minimum absolute atomic E-state index is 0.548. The zero-order valence-corrected chi connectivity index (χ0v) is 10.8. The molecule has 3 heteroatoms. The lowest BCUT2D eigenvalue weighted by molar-refractivity contribution is -0.928. The number of nitrogens with zero attached hydrogens (tertiary/aromatic N) is 1. The summed E-state index contributed by atoms with van der Waals surface area (Å²) in [6.45, 7) is 6.71. The molecule has 0 radical (unpaired) electrons. The molecule has 0 saturated heterocycles. The quantitative estimate of drug-likeness (QED) is 0.524. The molecule has 0 fully saturated rings. The van der Waals surface area contributed by atoms with Crippen molar-refractivity contribution in [3.63, 3.8) is 0 Å². The minimum atomic E-state index is -0.719. The maximum absolute atomic E-state index is 11.1. The summed E-state index contributed by atoms with van der Waals surface area (Å²) < 4.78 is 0.548. The number of rotatable bonds is 7. The number of hydrogen-bond donors (Lipinski definition) is 1. The molecule has 0 aliphatic carbocycles. The summed E-state index contributed by atoms with van der Waals surface area (Å²) in [5, 5.41) is 9.16. The summed E-state index contributed by atoms with van der Waals surface area (Å²) in [4.78, 5) is 11.1. The van der Waals surface area contributed by atoms with E-state index in [1.165, 1.54) is 19.3 Å². The lowest BCUT2D eigenvalue weighted by atomic mass is 10.00. The van der Waals surface area contributed by atoms with Gasteiger partial charge in [-0.25, -0.2) is 4.79 Å². The Morgan fingerprint density at radius 1 is 1.20 bits per heavy atom. The average Bonchev–Trinajstić information content (AvgIpc) is 2.12. The van der Waals surface area contributed by atoms with E-state index in [9.17, 15) is 4.79 Å². The standard InChI is InChI=1S/C12H25NO2/c1-6-7-8-9-10-13(4,5)12(2,3)11(14)15/h6-10H2,1-5H3/p+1. The van der Waals surface area contributed by atoms with E-state index >= 15 is 0 Å². The Morgan fingerprint density at radius 2 is 1.73 bits per heavy atom. The van der Waals surface area contributed by atoms with Crippen LogP contribution >= 0.6 is 0 Å². The minimum Gasteiger partial charge on any atom is -0.477 e. The Morgan fingerprint density at radius 3 is 2.13 bits per heavy atom. The van der Waals surface area contributed by atoms with E-state index in [0.717, 1.165) is 13.0 Å². The van der Waals surface area contributed by atoms with Crippen LogP contribution < -0.4 is 0 Å². The highest BCUT2D eigenvalue weighted by molar-refractivity contribution is 5.76. The van der Waals surface area contributed by atoms with Gasteiger partial charge in [0.1, 0.15) is 0 Å². The van der Waals surface area contributed by atoms with Gasteiger partial charge >= 0.3 is 5.97 Å². The second-order valence-electron chi connectivity index (χ2n) is 5.33. The summed E-state index contributed by atoms with van der Waals surface area (Å²) in [6.07, 6.45) is 4.77. The van der Waals surface area contributed by atoms with Crippen molar-refractivity contribution in [1.29, 1.82) is 0 Å². The highest BCUT2D eigenvalue weighted by atomic mass is 16.4. The van der Waals surface area contributed by atoms with Gasteiger partial charge < -0.3 is 9.59 Å². The Labute approximate surface area is 93.7 Å². The van der Waals surface area contributed by atoms with Crippen molar-refractivity contribution in [2.24, 2.45) is 0 Å². The number of carboxylic acid groups (broad SMARTS) is 1. The zero-order chi connectivity index (χ0) is 12.1. The molecule has 0 aliphatic rings. The number of aliphatic carboxylic acids is 1. The van der Waals surface area contributed by atoms with E-state index in [1.807, 2.05) is 14.1 Å². The van der Waals surface area contributed by atoms with E-state index in [-0.39, 0.29) is 0 Å². The predicted octanol–water partition coefficient (Wildman–Crippen LogP) is 2.51. The molecule has 0 amide bonds. The summed E-state index contributed by atoms with van der Waals surface area (Å²) in [5.74, 6) is -0.719. The fourth-order valence-corrected chi connectivity index (χ4v) is 1.47. The number of carbonyl (C=O) groups is 1. The summed E-state index contributed by atoms with van der Waals surface area (Å²) >= 11 is 0. The molecule has 90 valence electrons. The first kappa shape index (κ1) is 14.4. The van der Waals surface area contributed by atoms with Crippen LogP contribution in [0.4, 0.5) is 0 Å². The van der Waals surface area contributed by atoms with E-state index in [4.69, 9.17) is 5.11 Å². The number of unbranched alkanes of at least 4 members (excludes halogenated alkanes) is 3. The second-order valence-corrected chi connectivity index (χ2v) is 5.33. The van der Waals surface area contributed by atoms with Crippen molar-refractivity contribution in [1.82, 2.24) is 0 Å². The maximum Gasteiger partial charge on any atom is 0.365 e. The predicted molar refractivity (Wildman–Crippen MR) is 62.8 cm³/mol. The zero-order valence-electron chi connectivity index (χ0n) is 10.8. The summed E-state index contributed by atoms with van der Waals surface area (Å²) in [7, 11) is 4.00. The third-order valence-electron chi connectivity index (χ3n) is 3.61. The van der Waals surface area contributed by atoms with Crippen molar-refractivity contribution in [2.75, 3.05) is 20.6 Å². The highest BCUT2D eigenvalue weighted by Gasteiger charge is 2.43. The molecule has 0 aromatic rings. The van der Waals surface area contributed by atoms with Crippen LogP contribution in [0.1, 0.15) is 46.5 Å². The van der Waals surface area contributed by atoms with Gasteiger partial charge in [-0.05, 0) is 12.8 Å². The van der Waals surface area contributed by atoms with Crippen LogP contribution in [0.2, 0.25) is 0 Å². The van der Waals surface area contributed by atoms with Crippen molar-refractivity contribution >= 4 is 5.97 Å². The molecule has 0 aromatic heterocycles. The molecule has 0 heterocycles. The molecular weight excluding hydrogens is 190 g/mol. The van der Waals surface area contributed by atoms with Gasteiger partial charge in [-0.2, -0.15) is 0 Å². The van der Waals surface area contributed by atoms with Crippen LogP contribution in [0.5, 0.6) is 0 Å². The first-order chi connectivity index (χ1) is 6.75. The third-order valence-corrected chi connectivity index (χ3v) is 3.61. The monoisotopic (exact) mass is 216 g/mol. The lowest BCUT2D eigenvalue weighted by Gasteiger charge is -2.41. The van der Waals surface area contributed by atoms with Gasteiger partial charge in [0.05, 0.1) is 20.6 Å². The average molecular weight is 216 g/mol. The van der Waals surface area contributed by atoms with Gasteiger partial charge in [0.25, 0.3) is 0 Å². The van der Waals surface area contributed by atoms with Crippen molar-refractivity contribution in [2.45, 2.75) is 52.0 Å². The molecule has 0 saturated carbocycles. The normalized spacial score (nSPS) is 12.9. The Hall–Kier alpha value is -0.570. The van der Waals surface area contributed by atoms with Gasteiger partial charge in [0.15, 0.2) is 5.54 Å². The van der Waals surface area contributed by atoms with E-state index in [1.54, 1.807) is 13.8 Å². The molecular formula is C12H26NO2+. The van der Waals surface area contributed by atoms with Crippen LogP contribution in [0, 0.1) is 0 Å². The van der Waals surface area contributed by atoms with Crippen LogP contribution in [-0.2, 0) is 4.79 Å². The van der Waals surface area contributed by atoms with Gasteiger partial charge in [0.2, 0.25) is 0 Å². The van der Waals surface area contributed by atoms with Crippen LogP contribution in [0.25, 0.3) is 0 Å². The Bertz CT molecular complexity index is 210. The Kier molecular flexibility index (Phi) is 5.29. The van der Waals surface area contributed by atoms with Gasteiger partial charge in [0, 0.05) is 13.8 Å². The molecule has 0 aliphatic heterocycles. The topological polar surface area (TPSA) is 37.3 Å². The first-order valence-corrected chi connectivity index (χ1v) is 5.82. The highest BCUT2D eigenvalue weighted by Crippen LogP contribution is 2.21. The van der Waals surface area contributed by atoms with E-state index in [2.05, 4.69) is 6.92 Å². The van der Waals surface area contributed by atoms with Gasteiger partial charge in [-0.15, -0.1) is 0 Å². The fourth-order valence-electron chi connectivity index (χ4n) is 1.47. The van der Waals surface area contributed by atoms with Crippen molar-refractivity contribution in [3.8, 4) is 0 Å². The van der Waals surface area contributed by atoms with Crippen LogP contribution in [0.3, 0.4) is 0 Å². The largest absolute Gasteiger partial charge is 0.477 e. The molecule has 15 heavy (non-hydrogen) atoms. The van der Waals surface area contributed by atoms with Crippen LogP contribution in [-0.4, -0.2) is 41.7 Å². The van der Waals surface area contributed by atoms with Gasteiger partial charge in [-0.1, -0.05) is 19.8 Å². The number of quaternary nitrogens is 1. The SMILES string of the molecule is CCCCCC[N+](C)(C)C(C)(C)C(=O)O. The maximum atomic E-state index is 11.1. The lowest BCUT2D eigenvalue weighted by Crippen LogP contribution is -2.60. The number of hydrogen-bond acceptors (Lipinski definition) is 1. The fraction of sp³-hybridized carbons (Fsp3) is 0.917.